The smallest absolute Gasteiger partial charge is 0.0367 e. The highest BCUT2D eigenvalue weighted by molar-refractivity contribution is 5.46. The third-order valence-corrected chi connectivity index (χ3v) is 4.54. The van der Waals surface area contributed by atoms with E-state index in [9.17, 15) is 0 Å². The Morgan fingerprint density at radius 2 is 1.41 bits per heavy atom. The van der Waals surface area contributed by atoms with E-state index in [1.165, 1.54) is 11.3 Å². The molecule has 1 unspecified atom stereocenters. The molecule has 0 spiro atoms. The molecule has 116 valence electrons. The van der Waals surface area contributed by atoms with Crippen molar-refractivity contribution in [1.82, 2.24) is 4.90 Å². The molecule has 0 aromatic heterocycles. The van der Waals surface area contributed by atoms with Crippen LogP contribution in [-0.2, 0) is 6.42 Å². The lowest BCUT2D eigenvalue weighted by Gasteiger charge is -2.40. The minimum absolute atomic E-state index is 0.445. The van der Waals surface area contributed by atoms with Gasteiger partial charge in [-0.05, 0) is 24.1 Å². The van der Waals surface area contributed by atoms with E-state index >= 15 is 0 Å². The summed E-state index contributed by atoms with van der Waals surface area (Å²) >= 11 is 0. The molecule has 3 heteroatoms. The van der Waals surface area contributed by atoms with E-state index in [0.29, 0.717) is 6.04 Å². The first kappa shape index (κ1) is 15.1. The van der Waals surface area contributed by atoms with Crippen LogP contribution in [0.3, 0.4) is 0 Å². The monoisotopic (exact) mass is 295 g/mol. The number of nitrogens with zero attached hydrogens (tertiary/aromatic N) is 2. The van der Waals surface area contributed by atoms with Crippen LogP contribution in [0.5, 0.6) is 0 Å². The lowest BCUT2D eigenvalue weighted by Crippen LogP contribution is -2.53. The Morgan fingerprint density at radius 1 is 0.818 bits per heavy atom. The summed E-state index contributed by atoms with van der Waals surface area (Å²) in [6.07, 6.45) is 1.04. The number of anilines is 1. The van der Waals surface area contributed by atoms with Gasteiger partial charge in [-0.3, -0.25) is 4.90 Å². The maximum absolute atomic E-state index is 6.04. The second kappa shape index (κ2) is 7.43. The van der Waals surface area contributed by atoms with Gasteiger partial charge in [0.25, 0.3) is 0 Å². The third-order valence-electron chi connectivity index (χ3n) is 4.54. The topological polar surface area (TPSA) is 32.5 Å². The first-order valence-electron chi connectivity index (χ1n) is 8.15. The molecule has 2 aromatic rings. The van der Waals surface area contributed by atoms with Crippen molar-refractivity contribution in [2.45, 2.75) is 12.5 Å². The number of nitrogens with two attached hydrogens (primary N) is 1. The Hall–Kier alpha value is -1.84. The van der Waals surface area contributed by atoms with Gasteiger partial charge in [-0.2, -0.15) is 0 Å². The molecule has 0 radical (unpaired) electrons. The SMILES string of the molecule is NCC(Cc1ccccc1)N1CCN(c2ccccc2)CC1. The van der Waals surface area contributed by atoms with Gasteiger partial charge in [-0.25, -0.2) is 0 Å². The summed E-state index contributed by atoms with van der Waals surface area (Å²) in [6, 6.07) is 21.8. The number of para-hydroxylation sites is 1. The zero-order chi connectivity index (χ0) is 15.2. The van der Waals surface area contributed by atoms with Crippen molar-refractivity contribution in [3.05, 3.63) is 66.2 Å². The van der Waals surface area contributed by atoms with Gasteiger partial charge in [0.1, 0.15) is 0 Å². The molecule has 0 bridgehead atoms. The number of piperazine rings is 1. The molecule has 1 aliphatic heterocycles. The highest BCUT2D eigenvalue weighted by Crippen LogP contribution is 2.17. The van der Waals surface area contributed by atoms with Crippen molar-refractivity contribution in [2.75, 3.05) is 37.6 Å². The maximum atomic E-state index is 6.04. The van der Waals surface area contributed by atoms with E-state index in [0.717, 1.165) is 39.1 Å². The fourth-order valence-electron chi connectivity index (χ4n) is 3.23. The summed E-state index contributed by atoms with van der Waals surface area (Å²) in [6.45, 7) is 5.05. The number of benzene rings is 2. The van der Waals surface area contributed by atoms with Crippen LogP contribution in [0.15, 0.2) is 60.7 Å². The Bertz CT molecular complexity index is 547. The molecule has 2 aromatic carbocycles. The summed E-state index contributed by atoms with van der Waals surface area (Å²) in [5.41, 5.74) is 8.75. The van der Waals surface area contributed by atoms with Crippen molar-refractivity contribution in [3.8, 4) is 0 Å². The normalized spacial score (nSPS) is 17.4. The Balaban J connectivity index is 1.57. The Kier molecular flexibility index (Phi) is 5.09. The average Bonchev–Trinajstić information content (AvgIpc) is 2.61. The summed E-state index contributed by atoms with van der Waals surface area (Å²) < 4.78 is 0. The van der Waals surface area contributed by atoms with Crippen molar-refractivity contribution >= 4 is 5.69 Å². The quantitative estimate of drug-likeness (QED) is 0.919. The number of hydrogen-bond acceptors (Lipinski definition) is 3. The van der Waals surface area contributed by atoms with Gasteiger partial charge in [0.15, 0.2) is 0 Å². The molecule has 3 rings (SSSR count). The van der Waals surface area contributed by atoms with Crippen LogP contribution in [-0.4, -0.2) is 43.7 Å². The highest BCUT2D eigenvalue weighted by Gasteiger charge is 2.23. The third kappa shape index (κ3) is 3.67. The molecule has 2 N–H and O–H groups in total. The van der Waals surface area contributed by atoms with E-state index < -0.39 is 0 Å². The summed E-state index contributed by atoms with van der Waals surface area (Å²) in [7, 11) is 0. The minimum Gasteiger partial charge on any atom is -0.369 e. The molecule has 1 fully saturated rings. The van der Waals surface area contributed by atoms with Crippen LogP contribution < -0.4 is 10.6 Å². The van der Waals surface area contributed by atoms with E-state index in [2.05, 4.69) is 70.5 Å². The highest BCUT2D eigenvalue weighted by atomic mass is 15.3. The zero-order valence-corrected chi connectivity index (χ0v) is 13.1. The molecular formula is C19H25N3. The molecule has 1 atom stereocenters. The van der Waals surface area contributed by atoms with Gasteiger partial charge in [0.05, 0.1) is 0 Å². The predicted octanol–water partition coefficient (Wildman–Crippen LogP) is 2.38. The Labute approximate surface area is 133 Å². The van der Waals surface area contributed by atoms with Crippen LogP contribution in [0, 0.1) is 0 Å². The largest absolute Gasteiger partial charge is 0.369 e. The van der Waals surface area contributed by atoms with Crippen LogP contribution in [0.2, 0.25) is 0 Å². The average molecular weight is 295 g/mol. The second-order valence-corrected chi connectivity index (χ2v) is 5.94. The van der Waals surface area contributed by atoms with Gasteiger partial charge in [0.2, 0.25) is 0 Å². The van der Waals surface area contributed by atoms with E-state index in [-0.39, 0.29) is 0 Å². The molecule has 22 heavy (non-hydrogen) atoms. The van der Waals surface area contributed by atoms with Crippen molar-refractivity contribution in [2.24, 2.45) is 5.73 Å². The molecule has 1 saturated heterocycles. The number of rotatable bonds is 5. The lowest BCUT2D eigenvalue weighted by molar-refractivity contribution is 0.188. The van der Waals surface area contributed by atoms with Crippen LogP contribution in [0.4, 0.5) is 5.69 Å². The molecule has 0 aliphatic carbocycles. The zero-order valence-electron chi connectivity index (χ0n) is 13.1. The molecular weight excluding hydrogens is 270 g/mol. The molecule has 0 saturated carbocycles. The summed E-state index contributed by atoms with van der Waals surface area (Å²) in [4.78, 5) is 5.01. The second-order valence-electron chi connectivity index (χ2n) is 5.94. The van der Waals surface area contributed by atoms with Crippen molar-refractivity contribution in [3.63, 3.8) is 0 Å². The van der Waals surface area contributed by atoms with Crippen molar-refractivity contribution in [1.29, 1.82) is 0 Å². The summed E-state index contributed by atoms with van der Waals surface area (Å²) in [5, 5.41) is 0. The fraction of sp³-hybridized carbons (Fsp3) is 0.368. The maximum Gasteiger partial charge on any atom is 0.0367 e. The molecule has 0 amide bonds. The van der Waals surface area contributed by atoms with Crippen LogP contribution in [0.25, 0.3) is 0 Å². The van der Waals surface area contributed by atoms with Crippen LogP contribution in [0.1, 0.15) is 5.56 Å². The predicted molar refractivity (Wildman–Crippen MR) is 93.2 cm³/mol. The Morgan fingerprint density at radius 3 is 2.00 bits per heavy atom. The fourth-order valence-corrected chi connectivity index (χ4v) is 3.23. The number of hydrogen-bond donors (Lipinski definition) is 1. The minimum atomic E-state index is 0.445. The lowest BCUT2D eigenvalue weighted by atomic mass is 10.0. The standard InChI is InChI=1S/C19H25N3/c20-16-19(15-17-7-3-1-4-8-17)22-13-11-21(12-14-22)18-9-5-2-6-10-18/h1-10,19H,11-16,20H2. The van der Waals surface area contributed by atoms with Crippen LogP contribution >= 0.6 is 0 Å². The van der Waals surface area contributed by atoms with Gasteiger partial charge in [-0.1, -0.05) is 48.5 Å². The van der Waals surface area contributed by atoms with E-state index in [1.807, 2.05) is 0 Å². The van der Waals surface area contributed by atoms with Crippen molar-refractivity contribution < 1.29 is 0 Å². The van der Waals surface area contributed by atoms with Gasteiger partial charge in [0, 0.05) is 44.5 Å². The first-order chi connectivity index (χ1) is 10.9. The van der Waals surface area contributed by atoms with Gasteiger partial charge >= 0.3 is 0 Å². The molecule has 3 nitrogen and oxygen atoms in total. The van der Waals surface area contributed by atoms with Gasteiger partial charge in [-0.15, -0.1) is 0 Å². The van der Waals surface area contributed by atoms with E-state index in [1.54, 1.807) is 0 Å². The first-order valence-corrected chi connectivity index (χ1v) is 8.15. The summed E-state index contributed by atoms with van der Waals surface area (Å²) in [5.74, 6) is 0. The molecule has 1 aliphatic rings. The van der Waals surface area contributed by atoms with Gasteiger partial charge < -0.3 is 10.6 Å². The van der Waals surface area contributed by atoms with E-state index in [4.69, 9.17) is 5.73 Å². The molecule has 1 heterocycles.